The average molecular weight is 244 g/mol. The molecule has 1 heterocycles. The molecule has 94 valence electrons. The Morgan fingerprint density at radius 2 is 1.94 bits per heavy atom. The monoisotopic (exact) mass is 244 g/mol. The Kier molecular flexibility index (Phi) is 3.32. The number of rotatable bonds is 2. The summed E-state index contributed by atoms with van der Waals surface area (Å²) in [4.78, 5) is 4.05. The predicted octanol–water partition coefficient (Wildman–Crippen LogP) is 3.90. The molecule has 0 fully saturated rings. The van der Waals surface area contributed by atoms with E-state index in [1.54, 1.807) is 12.4 Å². The largest absolute Gasteiger partial charge is 0.398 e. The molecule has 0 amide bonds. The molecule has 2 nitrogen and oxygen atoms in total. The number of benzene rings is 1. The molecule has 2 aromatic rings. The van der Waals surface area contributed by atoms with Crippen molar-refractivity contribution in [2.75, 3.05) is 5.73 Å². The number of nitrogens with two attached hydrogens (primary N) is 1. The average Bonchev–Trinajstić information content (AvgIpc) is 2.32. The fourth-order valence-electron chi connectivity index (χ4n) is 2.12. The molecule has 0 aliphatic rings. The Labute approximate surface area is 107 Å². The predicted molar refractivity (Wildman–Crippen MR) is 72.9 cm³/mol. The topological polar surface area (TPSA) is 38.9 Å². The van der Waals surface area contributed by atoms with Crippen LogP contribution in [-0.2, 0) is 0 Å². The highest BCUT2D eigenvalue weighted by Crippen LogP contribution is 2.34. The van der Waals surface area contributed by atoms with Crippen LogP contribution in [0.5, 0.6) is 0 Å². The molecule has 0 spiro atoms. The van der Waals surface area contributed by atoms with E-state index in [2.05, 4.69) is 4.98 Å². The summed E-state index contributed by atoms with van der Waals surface area (Å²) in [6.07, 6.45) is 3.45. The maximum atomic E-state index is 13.7. The molecule has 0 saturated carbocycles. The number of nitrogen functional groups attached to an aromatic ring is 1. The lowest BCUT2D eigenvalue weighted by Gasteiger charge is -2.15. The van der Waals surface area contributed by atoms with E-state index in [0.29, 0.717) is 5.69 Å². The number of hydrogen-bond donors (Lipinski definition) is 1. The van der Waals surface area contributed by atoms with Crippen molar-refractivity contribution in [3.8, 4) is 11.1 Å². The molecule has 18 heavy (non-hydrogen) atoms. The molecule has 1 aromatic heterocycles. The fourth-order valence-corrected chi connectivity index (χ4v) is 2.12. The second kappa shape index (κ2) is 4.77. The molecule has 3 heteroatoms. The molecule has 0 atom stereocenters. The van der Waals surface area contributed by atoms with Crippen molar-refractivity contribution in [2.45, 2.75) is 26.7 Å². The zero-order valence-electron chi connectivity index (χ0n) is 10.9. The lowest BCUT2D eigenvalue weighted by atomic mass is 9.93. The van der Waals surface area contributed by atoms with E-state index in [0.717, 1.165) is 22.3 Å². The second-order valence-corrected chi connectivity index (χ2v) is 4.80. The summed E-state index contributed by atoms with van der Waals surface area (Å²) in [6.45, 7) is 5.96. The van der Waals surface area contributed by atoms with Gasteiger partial charge in [-0.15, -0.1) is 0 Å². The number of hydrogen-bond acceptors (Lipinski definition) is 2. The molecule has 0 unspecified atom stereocenters. The summed E-state index contributed by atoms with van der Waals surface area (Å²) in [5.74, 6) is -0.0549. The number of aromatic nitrogens is 1. The van der Waals surface area contributed by atoms with Gasteiger partial charge in [0.25, 0.3) is 0 Å². The molecule has 2 rings (SSSR count). The maximum Gasteiger partial charge on any atom is 0.124 e. The first-order chi connectivity index (χ1) is 8.50. The Morgan fingerprint density at radius 1 is 1.22 bits per heavy atom. The van der Waals surface area contributed by atoms with Crippen LogP contribution in [0.25, 0.3) is 11.1 Å². The van der Waals surface area contributed by atoms with Crippen LogP contribution in [0.3, 0.4) is 0 Å². The second-order valence-electron chi connectivity index (χ2n) is 4.80. The summed E-state index contributed by atoms with van der Waals surface area (Å²) in [6, 6.07) is 4.87. The number of anilines is 1. The molecule has 1 aromatic carbocycles. The molecule has 0 bridgehead atoms. The fraction of sp³-hybridized carbons (Fsp3) is 0.267. The molecule has 0 aliphatic heterocycles. The maximum absolute atomic E-state index is 13.7. The number of halogens is 1. The van der Waals surface area contributed by atoms with Gasteiger partial charge in [0, 0.05) is 23.6 Å². The summed E-state index contributed by atoms with van der Waals surface area (Å²) in [5.41, 5.74) is 10.3. The Morgan fingerprint density at radius 3 is 2.56 bits per heavy atom. The van der Waals surface area contributed by atoms with Crippen molar-refractivity contribution in [2.24, 2.45) is 0 Å². The third kappa shape index (κ3) is 2.21. The van der Waals surface area contributed by atoms with Crippen molar-refractivity contribution in [3.05, 3.63) is 47.5 Å². The van der Waals surface area contributed by atoms with Crippen LogP contribution in [0.15, 0.2) is 30.6 Å². The molecular weight excluding hydrogens is 227 g/mol. The summed E-state index contributed by atoms with van der Waals surface area (Å²) in [5, 5.41) is 0. The summed E-state index contributed by atoms with van der Waals surface area (Å²) in [7, 11) is 0. The Bertz CT molecular complexity index is 577. The lowest BCUT2D eigenvalue weighted by molar-refractivity contribution is 0.624. The quantitative estimate of drug-likeness (QED) is 0.814. The van der Waals surface area contributed by atoms with Gasteiger partial charge in [0.2, 0.25) is 0 Å². The van der Waals surface area contributed by atoms with E-state index < -0.39 is 0 Å². The number of aryl methyl sites for hydroxylation is 1. The van der Waals surface area contributed by atoms with Crippen molar-refractivity contribution < 1.29 is 4.39 Å². The van der Waals surface area contributed by atoms with Crippen LogP contribution >= 0.6 is 0 Å². The van der Waals surface area contributed by atoms with E-state index in [1.807, 2.05) is 26.8 Å². The van der Waals surface area contributed by atoms with Gasteiger partial charge in [0.15, 0.2) is 0 Å². The minimum atomic E-state index is -0.251. The lowest BCUT2D eigenvalue weighted by Crippen LogP contribution is -2.01. The van der Waals surface area contributed by atoms with Crippen LogP contribution in [0.1, 0.15) is 30.9 Å². The highest BCUT2D eigenvalue weighted by Gasteiger charge is 2.13. The first-order valence-corrected chi connectivity index (χ1v) is 6.00. The summed E-state index contributed by atoms with van der Waals surface area (Å²) < 4.78 is 13.7. The molecule has 2 N–H and O–H groups in total. The van der Waals surface area contributed by atoms with Crippen LogP contribution < -0.4 is 5.73 Å². The van der Waals surface area contributed by atoms with Gasteiger partial charge in [0.1, 0.15) is 5.82 Å². The number of nitrogens with zero attached hydrogens (tertiary/aromatic N) is 1. The zero-order chi connectivity index (χ0) is 13.3. The molecule has 0 aliphatic carbocycles. The van der Waals surface area contributed by atoms with E-state index >= 15 is 0 Å². The normalized spacial score (nSPS) is 10.9. The van der Waals surface area contributed by atoms with Gasteiger partial charge in [-0.1, -0.05) is 13.8 Å². The van der Waals surface area contributed by atoms with Gasteiger partial charge in [-0.25, -0.2) is 4.39 Å². The van der Waals surface area contributed by atoms with E-state index in [1.165, 1.54) is 12.1 Å². The summed E-state index contributed by atoms with van der Waals surface area (Å²) >= 11 is 0. The first-order valence-electron chi connectivity index (χ1n) is 6.00. The molecular formula is C15H17FN2. The van der Waals surface area contributed by atoms with Gasteiger partial charge in [0.05, 0.1) is 0 Å². The molecule has 0 radical (unpaired) electrons. The molecule has 0 saturated heterocycles. The van der Waals surface area contributed by atoms with Gasteiger partial charge >= 0.3 is 0 Å². The van der Waals surface area contributed by atoms with E-state index in [4.69, 9.17) is 5.73 Å². The van der Waals surface area contributed by atoms with Gasteiger partial charge < -0.3 is 5.73 Å². The van der Waals surface area contributed by atoms with Crippen molar-refractivity contribution in [1.82, 2.24) is 4.98 Å². The Hall–Kier alpha value is -1.90. The van der Waals surface area contributed by atoms with Gasteiger partial charge in [-0.05, 0) is 47.7 Å². The SMILES string of the molecule is Cc1cnccc1-c1cc(F)cc(C(C)C)c1N. The van der Waals surface area contributed by atoms with Crippen molar-refractivity contribution in [1.29, 1.82) is 0 Å². The number of pyridine rings is 1. The minimum absolute atomic E-state index is 0.196. The Balaban J connectivity index is 2.69. The third-order valence-corrected chi connectivity index (χ3v) is 3.11. The van der Waals surface area contributed by atoms with Gasteiger partial charge in [-0.2, -0.15) is 0 Å². The van der Waals surface area contributed by atoms with E-state index in [-0.39, 0.29) is 11.7 Å². The van der Waals surface area contributed by atoms with Crippen molar-refractivity contribution in [3.63, 3.8) is 0 Å². The van der Waals surface area contributed by atoms with Crippen LogP contribution in [-0.4, -0.2) is 4.98 Å². The highest BCUT2D eigenvalue weighted by molar-refractivity contribution is 5.80. The first kappa shape index (κ1) is 12.6. The van der Waals surface area contributed by atoms with Crippen LogP contribution in [0.2, 0.25) is 0 Å². The van der Waals surface area contributed by atoms with Crippen molar-refractivity contribution >= 4 is 5.69 Å². The van der Waals surface area contributed by atoms with Crippen LogP contribution in [0, 0.1) is 12.7 Å². The standard InChI is InChI=1S/C15H17FN2/c1-9(2)13-6-11(16)7-14(15(13)17)12-4-5-18-8-10(12)3/h4-9H,17H2,1-3H3. The minimum Gasteiger partial charge on any atom is -0.398 e. The third-order valence-electron chi connectivity index (χ3n) is 3.11. The van der Waals surface area contributed by atoms with E-state index in [9.17, 15) is 4.39 Å². The van der Waals surface area contributed by atoms with Gasteiger partial charge in [-0.3, -0.25) is 4.98 Å². The highest BCUT2D eigenvalue weighted by atomic mass is 19.1. The smallest absolute Gasteiger partial charge is 0.124 e. The van der Waals surface area contributed by atoms with Crippen LogP contribution in [0.4, 0.5) is 10.1 Å². The zero-order valence-corrected chi connectivity index (χ0v) is 10.9.